The Bertz CT molecular complexity index is 910. The van der Waals surface area contributed by atoms with Crippen molar-refractivity contribution in [2.45, 2.75) is 6.43 Å². The molecule has 3 rings (SSSR count). The number of carbonyl (C=O) groups excluding carboxylic acids is 1. The summed E-state index contributed by atoms with van der Waals surface area (Å²) in [6, 6.07) is 8.34. The van der Waals surface area contributed by atoms with Crippen LogP contribution in [0.25, 0.3) is 11.5 Å². The van der Waals surface area contributed by atoms with E-state index in [-0.39, 0.29) is 17.1 Å². The van der Waals surface area contributed by atoms with Crippen LogP contribution in [0, 0.1) is 11.6 Å². The minimum atomic E-state index is -2.88. The molecule has 1 amide bonds. The lowest BCUT2D eigenvalue weighted by Crippen LogP contribution is -2.13. The zero-order valence-corrected chi connectivity index (χ0v) is 12.3. The predicted molar refractivity (Wildman–Crippen MR) is 79.0 cm³/mol. The maximum absolute atomic E-state index is 13.5. The lowest BCUT2D eigenvalue weighted by molar-refractivity contribution is 0.102. The number of anilines is 1. The molecule has 25 heavy (non-hydrogen) atoms. The molecule has 0 saturated heterocycles. The molecule has 3 aromatic rings. The quantitative estimate of drug-likeness (QED) is 0.715. The summed E-state index contributed by atoms with van der Waals surface area (Å²) in [5, 5.41) is 8.99. The Kier molecular flexibility index (Phi) is 4.46. The number of carbonyl (C=O) groups is 1. The molecule has 0 aliphatic heterocycles. The molecule has 5 nitrogen and oxygen atoms in total. The van der Waals surface area contributed by atoms with Gasteiger partial charge in [-0.1, -0.05) is 0 Å². The minimum Gasteiger partial charge on any atom is -0.415 e. The Morgan fingerprint density at radius 1 is 1.04 bits per heavy atom. The molecule has 0 atom stereocenters. The van der Waals surface area contributed by atoms with Crippen LogP contribution in [-0.4, -0.2) is 16.1 Å². The molecule has 0 radical (unpaired) electrons. The van der Waals surface area contributed by atoms with E-state index in [4.69, 9.17) is 4.42 Å². The fourth-order valence-electron chi connectivity index (χ4n) is 1.99. The van der Waals surface area contributed by atoms with Crippen molar-refractivity contribution < 1.29 is 26.8 Å². The van der Waals surface area contributed by atoms with Crippen molar-refractivity contribution in [2.75, 3.05) is 5.32 Å². The first kappa shape index (κ1) is 16.6. The third-order valence-corrected chi connectivity index (χ3v) is 3.20. The van der Waals surface area contributed by atoms with Crippen LogP contribution in [0.1, 0.15) is 22.7 Å². The molecular formula is C16H9F4N3O2. The summed E-state index contributed by atoms with van der Waals surface area (Å²) in [4.78, 5) is 12.1. The zero-order valence-electron chi connectivity index (χ0n) is 12.3. The highest BCUT2D eigenvalue weighted by molar-refractivity contribution is 6.04. The van der Waals surface area contributed by atoms with Gasteiger partial charge in [0, 0.05) is 17.2 Å². The molecular weight excluding hydrogens is 342 g/mol. The fourth-order valence-corrected chi connectivity index (χ4v) is 1.99. The van der Waals surface area contributed by atoms with Gasteiger partial charge in [-0.15, -0.1) is 10.2 Å². The maximum atomic E-state index is 13.5. The molecule has 0 fully saturated rings. The number of nitrogens with one attached hydrogen (secondary N) is 1. The van der Waals surface area contributed by atoms with Crippen LogP contribution >= 0.6 is 0 Å². The number of aromatic nitrogens is 2. The summed E-state index contributed by atoms with van der Waals surface area (Å²) in [7, 11) is 0. The molecule has 1 heterocycles. The molecule has 0 spiro atoms. The van der Waals surface area contributed by atoms with Gasteiger partial charge in [-0.25, -0.2) is 8.78 Å². The number of halogens is 4. The van der Waals surface area contributed by atoms with Crippen molar-refractivity contribution in [2.24, 2.45) is 0 Å². The summed E-state index contributed by atoms with van der Waals surface area (Å²) >= 11 is 0. The van der Waals surface area contributed by atoms with Crippen LogP contribution in [0.15, 0.2) is 46.9 Å². The van der Waals surface area contributed by atoms with Crippen molar-refractivity contribution in [3.05, 3.63) is 65.6 Å². The Morgan fingerprint density at radius 2 is 1.76 bits per heavy atom. The highest BCUT2D eigenvalue weighted by atomic mass is 19.3. The molecule has 128 valence electrons. The average Bonchev–Trinajstić information content (AvgIpc) is 3.08. The Labute approximate surface area is 138 Å². The SMILES string of the molecule is O=C(Nc1ccc(F)cc1F)c1ccc(-c2nnc(C(F)F)o2)cc1. The minimum absolute atomic E-state index is 0.119. The summed E-state index contributed by atoms with van der Waals surface area (Å²) < 4.78 is 56.0. The van der Waals surface area contributed by atoms with Gasteiger partial charge in [0.05, 0.1) is 5.69 Å². The number of alkyl halides is 2. The van der Waals surface area contributed by atoms with Gasteiger partial charge in [0.25, 0.3) is 11.8 Å². The van der Waals surface area contributed by atoms with E-state index in [1.165, 1.54) is 24.3 Å². The first-order chi connectivity index (χ1) is 11.9. The Balaban J connectivity index is 1.76. The molecule has 0 aliphatic rings. The number of rotatable bonds is 4. The number of hydrogen-bond acceptors (Lipinski definition) is 4. The van der Waals surface area contributed by atoms with Gasteiger partial charge in [0.1, 0.15) is 11.6 Å². The predicted octanol–water partition coefficient (Wildman–Crippen LogP) is 4.20. The largest absolute Gasteiger partial charge is 0.415 e. The number of amides is 1. The van der Waals surface area contributed by atoms with E-state index in [0.29, 0.717) is 11.6 Å². The molecule has 0 saturated carbocycles. The van der Waals surface area contributed by atoms with E-state index in [9.17, 15) is 22.4 Å². The van der Waals surface area contributed by atoms with Crippen molar-refractivity contribution in [1.29, 1.82) is 0 Å². The number of benzene rings is 2. The monoisotopic (exact) mass is 351 g/mol. The van der Waals surface area contributed by atoms with Crippen LogP contribution in [0.4, 0.5) is 23.2 Å². The van der Waals surface area contributed by atoms with Gasteiger partial charge < -0.3 is 9.73 Å². The summed E-state index contributed by atoms with van der Waals surface area (Å²) in [6.07, 6.45) is -2.88. The molecule has 1 N–H and O–H groups in total. The summed E-state index contributed by atoms with van der Waals surface area (Å²) in [6.45, 7) is 0. The van der Waals surface area contributed by atoms with E-state index in [2.05, 4.69) is 15.5 Å². The standard InChI is InChI=1S/C16H9F4N3O2/c17-10-5-6-12(11(18)7-10)21-14(24)8-1-3-9(4-2-8)15-22-23-16(25-15)13(19)20/h1-7,13H,(H,21,24). The fraction of sp³-hybridized carbons (Fsp3) is 0.0625. The van der Waals surface area contributed by atoms with Crippen LogP contribution in [-0.2, 0) is 0 Å². The van der Waals surface area contributed by atoms with Gasteiger partial charge in [0.2, 0.25) is 5.89 Å². The molecule has 2 aromatic carbocycles. The van der Waals surface area contributed by atoms with Gasteiger partial charge >= 0.3 is 6.43 Å². The van der Waals surface area contributed by atoms with Gasteiger partial charge in [-0.2, -0.15) is 8.78 Å². The van der Waals surface area contributed by atoms with Gasteiger partial charge in [-0.05, 0) is 36.4 Å². The normalized spacial score (nSPS) is 10.9. The molecule has 0 unspecified atom stereocenters. The second kappa shape index (κ2) is 6.71. The summed E-state index contributed by atoms with van der Waals surface area (Å²) in [5.74, 6) is -3.22. The smallest absolute Gasteiger partial charge is 0.314 e. The first-order valence-corrected chi connectivity index (χ1v) is 6.92. The molecule has 1 aromatic heterocycles. The lowest BCUT2D eigenvalue weighted by Gasteiger charge is -2.06. The third-order valence-electron chi connectivity index (χ3n) is 3.20. The number of nitrogens with zero attached hydrogens (tertiary/aromatic N) is 2. The zero-order chi connectivity index (χ0) is 18.0. The molecule has 0 aliphatic carbocycles. The van der Waals surface area contributed by atoms with Crippen LogP contribution in [0.5, 0.6) is 0 Å². The van der Waals surface area contributed by atoms with Gasteiger partial charge in [-0.3, -0.25) is 4.79 Å². The second-order valence-corrected chi connectivity index (χ2v) is 4.90. The van der Waals surface area contributed by atoms with E-state index < -0.39 is 29.9 Å². The van der Waals surface area contributed by atoms with Crippen LogP contribution < -0.4 is 5.32 Å². The molecule has 0 bridgehead atoms. The second-order valence-electron chi connectivity index (χ2n) is 4.90. The van der Waals surface area contributed by atoms with Gasteiger partial charge in [0.15, 0.2) is 0 Å². The van der Waals surface area contributed by atoms with E-state index in [1.54, 1.807) is 0 Å². The summed E-state index contributed by atoms with van der Waals surface area (Å²) in [5.41, 5.74) is 0.332. The third kappa shape index (κ3) is 3.65. The highest BCUT2D eigenvalue weighted by Gasteiger charge is 2.17. The van der Waals surface area contributed by atoms with Crippen molar-refractivity contribution in [1.82, 2.24) is 10.2 Å². The lowest BCUT2D eigenvalue weighted by atomic mass is 10.1. The van der Waals surface area contributed by atoms with E-state index in [0.717, 1.165) is 12.1 Å². The average molecular weight is 351 g/mol. The van der Waals surface area contributed by atoms with E-state index >= 15 is 0 Å². The van der Waals surface area contributed by atoms with E-state index in [1.807, 2.05) is 0 Å². The van der Waals surface area contributed by atoms with Crippen LogP contribution in [0.2, 0.25) is 0 Å². The van der Waals surface area contributed by atoms with Crippen molar-refractivity contribution >= 4 is 11.6 Å². The van der Waals surface area contributed by atoms with Crippen molar-refractivity contribution in [3.63, 3.8) is 0 Å². The maximum Gasteiger partial charge on any atom is 0.314 e. The topological polar surface area (TPSA) is 68.0 Å². The highest BCUT2D eigenvalue weighted by Crippen LogP contribution is 2.24. The molecule has 9 heteroatoms. The van der Waals surface area contributed by atoms with Crippen LogP contribution in [0.3, 0.4) is 0 Å². The Hall–Kier alpha value is -3.23. The Morgan fingerprint density at radius 3 is 2.36 bits per heavy atom. The van der Waals surface area contributed by atoms with Crippen molar-refractivity contribution in [3.8, 4) is 11.5 Å². The first-order valence-electron chi connectivity index (χ1n) is 6.92. The number of hydrogen-bond donors (Lipinski definition) is 1.